The molecule has 194 valence electrons. The zero-order valence-electron chi connectivity index (χ0n) is 22.4. The van der Waals surface area contributed by atoms with Gasteiger partial charge in [-0.05, 0) is 55.9 Å². The fourth-order valence-corrected chi connectivity index (χ4v) is 4.94. The van der Waals surface area contributed by atoms with E-state index in [1.54, 1.807) is 0 Å². The summed E-state index contributed by atoms with van der Waals surface area (Å²) < 4.78 is 11.8. The highest BCUT2D eigenvalue weighted by Crippen LogP contribution is 2.30. The summed E-state index contributed by atoms with van der Waals surface area (Å²) in [7, 11) is 0. The van der Waals surface area contributed by atoms with Gasteiger partial charge in [-0.1, -0.05) is 110 Å². The third-order valence-corrected chi connectivity index (χ3v) is 7.19. The molecular weight excluding hydrogens is 420 g/mol. The molecule has 0 amide bonds. The molecule has 1 atom stereocenters. The lowest BCUT2D eigenvalue weighted by atomic mass is 9.97. The monoisotopic (exact) mass is 472 g/mol. The van der Waals surface area contributed by atoms with E-state index in [4.69, 9.17) is 9.47 Å². The largest absolute Gasteiger partial charge is 0.490 e. The Morgan fingerprint density at radius 1 is 0.794 bits per heavy atom. The second kappa shape index (κ2) is 18.8. The van der Waals surface area contributed by atoms with Crippen molar-refractivity contribution in [2.75, 3.05) is 6.61 Å². The van der Waals surface area contributed by atoms with Gasteiger partial charge in [0.05, 0.1) is 18.3 Å². The summed E-state index contributed by atoms with van der Waals surface area (Å²) in [5.41, 5.74) is 1.82. The second-order valence-electron chi connectivity index (χ2n) is 10.3. The summed E-state index contributed by atoms with van der Waals surface area (Å²) in [5.74, 6) is 0.773. The number of hydrogen-bond donors (Lipinski definition) is 0. The van der Waals surface area contributed by atoms with E-state index < -0.39 is 0 Å². The fraction of sp³-hybridized carbons (Fsp3) is 0.774. The van der Waals surface area contributed by atoms with Crippen molar-refractivity contribution in [3.05, 3.63) is 29.3 Å². The molecule has 1 aromatic rings. The maximum absolute atomic E-state index is 12.4. The van der Waals surface area contributed by atoms with Crippen LogP contribution in [0.15, 0.2) is 18.2 Å². The molecule has 1 aliphatic heterocycles. The summed E-state index contributed by atoms with van der Waals surface area (Å²) >= 11 is 0. The molecule has 1 heterocycles. The first kappa shape index (κ1) is 28.7. The number of carbonyl (C=O) groups excluding carboxylic acids is 1. The number of benzene rings is 1. The topological polar surface area (TPSA) is 35.5 Å². The fourth-order valence-electron chi connectivity index (χ4n) is 4.94. The van der Waals surface area contributed by atoms with Gasteiger partial charge in [0.1, 0.15) is 5.75 Å². The Hall–Kier alpha value is -1.51. The minimum Gasteiger partial charge on any atom is -0.490 e. The first-order valence-electron chi connectivity index (χ1n) is 14.7. The van der Waals surface area contributed by atoms with Gasteiger partial charge in [-0.2, -0.15) is 0 Å². The van der Waals surface area contributed by atoms with Crippen molar-refractivity contribution in [2.45, 2.75) is 148 Å². The van der Waals surface area contributed by atoms with Crippen molar-refractivity contribution in [2.24, 2.45) is 0 Å². The van der Waals surface area contributed by atoms with Gasteiger partial charge >= 0.3 is 5.97 Å². The molecule has 3 nitrogen and oxygen atoms in total. The second-order valence-corrected chi connectivity index (χ2v) is 10.3. The summed E-state index contributed by atoms with van der Waals surface area (Å²) in [6, 6.07) is 5.83. The highest BCUT2D eigenvalue weighted by molar-refractivity contribution is 5.89. The quantitative estimate of drug-likeness (QED) is 0.140. The van der Waals surface area contributed by atoms with E-state index in [1.807, 2.05) is 18.2 Å². The Morgan fingerprint density at radius 2 is 1.35 bits per heavy atom. The van der Waals surface area contributed by atoms with E-state index in [-0.39, 0.29) is 5.97 Å². The Kier molecular flexibility index (Phi) is 15.9. The van der Waals surface area contributed by atoms with Gasteiger partial charge in [0, 0.05) is 0 Å². The number of unbranched alkanes of at least 4 members (excludes halogenated alkanes) is 15. The summed E-state index contributed by atoms with van der Waals surface area (Å²) in [6.07, 6.45) is 25.8. The third kappa shape index (κ3) is 12.3. The predicted molar refractivity (Wildman–Crippen MR) is 144 cm³/mol. The summed E-state index contributed by atoms with van der Waals surface area (Å²) in [5, 5.41) is 0. The number of carbonyl (C=O) groups is 1. The molecule has 0 saturated carbocycles. The first-order valence-corrected chi connectivity index (χ1v) is 14.7. The minimum absolute atomic E-state index is 0.192. The smallest absolute Gasteiger partial charge is 0.338 e. The molecule has 0 N–H and O–H groups in total. The van der Waals surface area contributed by atoms with Crippen LogP contribution < -0.4 is 4.74 Å². The highest BCUT2D eigenvalue weighted by atomic mass is 16.5. The van der Waals surface area contributed by atoms with Crippen LogP contribution in [-0.2, 0) is 11.2 Å². The lowest BCUT2D eigenvalue weighted by Gasteiger charge is -2.26. The van der Waals surface area contributed by atoms with E-state index in [9.17, 15) is 4.79 Å². The Balaban J connectivity index is 1.56. The Bertz CT molecular complexity index is 654. The molecule has 3 heteroatoms. The number of hydrogen-bond acceptors (Lipinski definition) is 3. The van der Waals surface area contributed by atoms with Crippen LogP contribution in [0.1, 0.15) is 152 Å². The molecule has 0 aliphatic carbocycles. The molecule has 0 saturated heterocycles. The van der Waals surface area contributed by atoms with E-state index in [0.717, 1.165) is 43.4 Å². The molecule has 34 heavy (non-hydrogen) atoms. The number of rotatable bonds is 20. The van der Waals surface area contributed by atoms with Crippen LogP contribution in [0.5, 0.6) is 5.75 Å². The molecule has 0 spiro atoms. The number of aryl methyl sites for hydroxylation is 1. The van der Waals surface area contributed by atoms with E-state index in [0.29, 0.717) is 18.3 Å². The van der Waals surface area contributed by atoms with E-state index in [2.05, 4.69) is 13.8 Å². The molecule has 1 aromatic carbocycles. The van der Waals surface area contributed by atoms with E-state index in [1.165, 1.54) is 96.3 Å². The van der Waals surface area contributed by atoms with Gasteiger partial charge in [0.15, 0.2) is 0 Å². The molecular formula is C31H52O3. The third-order valence-electron chi connectivity index (χ3n) is 7.19. The maximum Gasteiger partial charge on any atom is 0.338 e. The zero-order chi connectivity index (χ0) is 24.3. The van der Waals surface area contributed by atoms with Gasteiger partial charge in [0.2, 0.25) is 0 Å². The van der Waals surface area contributed by atoms with Gasteiger partial charge in [-0.25, -0.2) is 4.79 Å². The maximum atomic E-state index is 12.4. The van der Waals surface area contributed by atoms with Crippen LogP contribution in [0.4, 0.5) is 0 Å². The van der Waals surface area contributed by atoms with Crippen LogP contribution in [0.3, 0.4) is 0 Å². The van der Waals surface area contributed by atoms with Gasteiger partial charge < -0.3 is 9.47 Å². The lowest BCUT2D eigenvalue weighted by Crippen LogP contribution is -2.23. The van der Waals surface area contributed by atoms with Crippen molar-refractivity contribution < 1.29 is 14.3 Å². The van der Waals surface area contributed by atoms with Crippen molar-refractivity contribution in [1.82, 2.24) is 0 Å². The molecule has 0 bridgehead atoms. The molecule has 2 rings (SSSR count). The lowest BCUT2D eigenvalue weighted by molar-refractivity contribution is 0.0497. The molecule has 0 aromatic heterocycles. The van der Waals surface area contributed by atoms with Crippen LogP contribution in [0.25, 0.3) is 0 Å². The molecule has 1 unspecified atom stereocenters. The average molecular weight is 473 g/mol. The van der Waals surface area contributed by atoms with Crippen LogP contribution in [0, 0.1) is 0 Å². The van der Waals surface area contributed by atoms with Crippen molar-refractivity contribution >= 4 is 5.97 Å². The van der Waals surface area contributed by atoms with Gasteiger partial charge in [-0.3, -0.25) is 0 Å². The number of ether oxygens (including phenoxy) is 2. The van der Waals surface area contributed by atoms with Crippen LogP contribution in [-0.4, -0.2) is 18.7 Å². The van der Waals surface area contributed by atoms with E-state index >= 15 is 0 Å². The SMILES string of the molecule is CCCCCCCCCCCC1CCc2cc(C(=O)OCCCCCCCCCC)ccc2O1. The Labute approximate surface area is 210 Å². The van der Waals surface area contributed by atoms with Crippen LogP contribution >= 0.6 is 0 Å². The summed E-state index contributed by atoms with van der Waals surface area (Å²) in [6.45, 7) is 5.06. The van der Waals surface area contributed by atoms with Crippen molar-refractivity contribution in [1.29, 1.82) is 0 Å². The van der Waals surface area contributed by atoms with Gasteiger partial charge in [0.25, 0.3) is 0 Å². The minimum atomic E-state index is -0.192. The molecule has 0 radical (unpaired) electrons. The highest BCUT2D eigenvalue weighted by Gasteiger charge is 2.21. The predicted octanol–water partition coefficient (Wildman–Crippen LogP) is 9.60. The van der Waals surface area contributed by atoms with Crippen molar-refractivity contribution in [3.8, 4) is 5.75 Å². The first-order chi connectivity index (χ1) is 16.7. The Morgan fingerprint density at radius 3 is 1.97 bits per heavy atom. The summed E-state index contributed by atoms with van der Waals surface area (Å²) in [4.78, 5) is 12.4. The standard InChI is InChI=1S/C31H52O3/c1-3-5-7-9-11-13-14-16-18-20-29-23-21-27-26-28(22-24-30(27)34-29)31(32)33-25-19-17-15-12-10-8-6-4-2/h22,24,26,29H,3-21,23,25H2,1-2H3. The zero-order valence-corrected chi connectivity index (χ0v) is 22.4. The average Bonchev–Trinajstić information content (AvgIpc) is 2.86. The number of fused-ring (bicyclic) bond motifs is 1. The van der Waals surface area contributed by atoms with Crippen molar-refractivity contribution in [3.63, 3.8) is 0 Å². The van der Waals surface area contributed by atoms with Crippen LogP contribution in [0.2, 0.25) is 0 Å². The number of esters is 1. The molecule has 0 fully saturated rings. The normalized spacial score (nSPS) is 15.1. The van der Waals surface area contributed by atoms with Gasteiger partial charge in [-0.15, -0.1) is 0 Å². The molecule has 1 aliphatic rings.